The number of rotatable bonds is 6. The summed E-state index contributed by atoms with van der Waals surface area (Å²) in [6, 6.07) is 29.1. The third-order valence-electron chi connectivity index (χ3n) is 5.69. The Labute approximate surface area is 180 Å². The summed E-state index contributed by atoms with van der Waals surface area (Å²) >= 11 is 0. The molecule has 0 spiro atoms. The Morgan fingerprint density at radius 2 is 1.03 bits per heavy atom. The maximum absolute atomic E-state index is 10.4. The molecule has 3 aromatic carbocycles. The van der Waals surface area contributed by atoms with E-state index in [1.165, 1.54) is 0 Å². The molecule has 1 aliphatic rings. The van der Waals surface area contributed by atoms with Gasteiger partial charge in [0.25, 0.3) is 0 Å². The lowest BCUT2D eigenvalue weighted by molar-refractivity contribution is -0.291. The Morgan fingerprint density at radius 3 is 1.45 bits per heavy atom. The van der Waals surface area contributed by atoms with Crippen molar-refractivity contribution in [2.75, 3.05) is 6.61 Å². The molecule has 0 saturated carbocycles. The maximum Gasteiger partial charge on any atom is 0.184 e. The zero-order chi connectivity index (χ0) is 21.8. The Hall–Kier alpha value is -2.58. The van der Waals surface area contributed by atoms with E-state index in [4.69, 9.17) is 9.47 Å². The topological polar surface area (TPSA) is 99.4 Å². The van der Waals surface area contributed by atoms with Crippen LogP contribution in [0.15, 0.2) is 91.0 Å². The molecule has 1 fully saturated rings. The average molecular weight is 422 g/mol. The molecular formula is C25H26O6. The van der Waals surface area contributed by atoms with Gasteiger partial charge in [-0.25, -0.2) is 0 Å². The first-order valence-corrected chi connectivity index (χ1v) is 10.2. The summed E-state index contributed by atoms with van der Waals surface area (Å²) in [6.45, 7) is -0.138. The highest BCUT2D eigenvalue weighted by Crippen LogP contribution is 2.41. The summed E-state index contributed by atoms with van der Waals surface area (Å²) in [6.07, 6.45) is -7.21. The largest absolute Gasteiger partial charge is 0.387 e. The molecule has 31 heavy (non-hydrogen) atoms. The molecule has 0 amide bonds. The number of hydrogen-bond donors (Lipinski definition) is 4. The zero-order valence-corrected chi connectivity index (χ0v) is 16.9. The van der Waals surface area contributed by atoms with Crippen LogP contribution in [-0.2, 0) is 15.1 Å². The lowest BCUT2D eigenvalue weighted by Gasteiger charge is -2.41. The van der Waals surface area contributed by atoms with Crippen molar-refractivity contribution >= 4 is 0 Å². The summed E-state index contributed by atoms with van der Waals surface area (Å²) in [5.74, 6) is 0. The molecule has 4 N–H and O–H groups in total. The van der Waals surface area contributed by atoms with Gasteiger partial charge < -0.3 is 29.9 Å². The summed E-state index contributed by atoms with van der Waals surface area (Å²) in [5, 5.41) is 40.2. The van der Waals surface area contributed by atoms with Crippen LogP contribution in [0.2, 0.25) is 0 Å². The fourth-order valence-electron chi connectivity index (χ4n) is 4.04. The smallest absolute Gasteiger partial charge is 0.184 e. The summed E-state index contributed by atoms with van der Waals surface area (Å²) < 4.78 is 11.9. The van der Waals surface area contributed by atoms with Gasteiger partial charge in [0.2, 0.25) is 0 Å². The van der Waals surface area contributed by atoms with Gasteiger partial charge in [-0.1, -0.05) is 91.0 Å². The average Bonchev–Trinajstić information content (AvgIpc) is 2.83. The van der Waals surface area contributed by atoms with Crippen molar-refractivity contribution in [1.82, 2.24) is 0 Å². The number of aliphatic hydroxyl groups excluding tert-OH is 4. The third kappa shape index (κ3) is 4.14. The molecule has 0 aromatic heterocycles. The van der Waals surface area contributed by atoms with E-state index in [9.17, 15) is 20.4 Å². The molecule has 0 unspecified atom stereocenters. The van der Waals surface area contributed by atoms with Crippen molar-refractivity contribution in [3.63, 3.8) is 0 Å². The first kappa shape index (κ1) is 21.6. The van der Waals surface area contributed by atoms with Crippen LogP contribution in [-0.4, -0.2) is 57.7 Å². The van der Waals surface area contributed by atoms with Crippen LogP contribution in [0.1, 0.15) is 16.7 Å². The molecule has 5 atom stereocenters. The van der Waals surface area contributed by atoms with E-state index >= 15 is 0 Å². The van der Waals surface area contributed by atoms with Gasteiger partial charge in [0.1, 0.15) is 30.0 Å². The monoisotopic (exact) mass is 422 g/mol. The second-order valence-electron chi connectivity index (χ2n) is 7.63. The van der Waals surface area contributed by atoms with Gasteiger partial charge in [-0.2, -0.15) is 0 Å². The fourth-order valence-corrected chi connectivity index (χ4v) is 4.04. The maximum atomic E-state index is 10.4. The van der Waals surface area contributed by atoms with E-state index in [0.717, 1.165) is 16.7 Å². The quantitative estimate of drug-likeness (QED) is 0.452. The standard InChI is InChI=1S/C25H26O6/c26-21-20(31-24(29)23(28)22(21)27)16-30-25(17-10-4-1-5-11-17,18-12-6-2-7-13-18)19-14-8-3-9-15-19/h1-15,20-24,26-29H,16H2/t20-,21-,22+,23+,24+/m1/s1. The van der Waals surface area contributed by atoms with E-state index in [0.29, 0.717) is 0 Å². The predicted molar refractivity (Wildman–Crippen MR) is 114 cm³/mol. The van der Waals surface area contributed by atoms with E-state index in [-0.39, 0.29) is 6.61 Å². The lowest BCUT2D eigenvalue weighted by Crippen LogP contribution is -2.59. The Morgan fingerprint density at radius 1 is 0.613 bits per heavy atom. The van der Waals surface area contributed by atoms with Crippen molar-refractivity contribution in [3.8, 4) is 0 Å². The SMILES string of the molecule is O[C@@H]1[C@H](O)[C@@H](O)O[C@H](COC(c2ccccc2)(c2ccccc2)c2ccccc2)[C@H]1O. The summed E-state index contributed by atoms with van der Waals surface area (Å²) in [4.78, 5) is 0. The normalized spacial score (nSPS) is 26.5. The molecule has 1 aliphatic heterocycles. The number of hydrogen-bond acceptors (Lipinski definition) is 6. The third-order valence-corrected chi connectivity index (χ3v) is 5.69. The molecule has 162 valence electrons. The van der Waals surface area contributed by atoms with Crippen molar-refractivity contribution < 1.29 is 29.9 Å². The van der Waals surface area contributed by atoms with Crippen LogP contribution in [0, 0.1) is 0 Å². The van der Waals surface area contributed by atoms with Gasteiger partial charge in [0.05, 0.1) is 6.61 Å². The molecule has 1 saturated heterocycles. The van der Waals surface area contributed by atoms with E-state index in [1.54, 1.807) is 0 Å². The van der Waals surface area contributed by atoms with Gasteiger partial charge in [-0.15, -0.1) is 0 Å². The molecule has 0 aliphatic carbocycles. The Bertz CT molecular complexity index is 853. The first-order valence-electron chi connectivity index (χ1n) is 10.2. The number of ether oxygens (including phenoxy) is 2. The highest BCUT2D eigenvalue weighted by molar-refractivity contribution is 5.47. The molecule has 0 radical (unpaired) electrons. The van der Waals surface area contributed by atoms with Crippen LogP contribution in [0.4, 0.5) is 0 Å². The second kappa shape index (κ2) is 9.28. The minimum absolute atomic E-state index is 0.138. The van der Waals surface area contributed by atoms with Crippen LogP contribution < -0.4 is 0 Å². The molecule has 3 aromatic rings. The van der Waals surface area contributed by atoms with Crippen molar-refractivity contribution in [3.05, 3.63) is 108 Å². The molecule has 1 heterocycles. The molecular weight excluding hydrogens is 396 g/mol. The molecule has 6 heteroatoms. The summed E-state index contributed by atoms with van der Waals surface area (Å²) in [7, 11) is 0. The van der Waals surface area contributed by atoms with Crippen LogP contribution in [0.5, 0.6) is 0 Å². The van der Waals surface area contributed by atoms with Gasteiger partial charge in [0, 0.05) is 0 Å². The number of benzene rings is 3. The zero-order valence-electron chi connectivity index (χ0n) is 16.9. The lowest BCUT2D eigenvalue weighted by atomic mass is 9.80. The van der Waals surface area contributed by atoms with Crippen molar-refractivity contribution in [2.45, 2.75) is 36.3 Å². The van der Waals surface area contributed by atoms with E-state index < -0.39 is 36.3 Å². The van der Waals surface area contributed by atoms with Crippen LogP contribution >= 0.6 is 0 Å². The van der Waals surface area contributed by atoms with E-state index in [1.807, 2.05) is 91.0 Å². The second-order valence-corrected chi connectivity index (χ2v) is 7.63. The molecule has 0 bridgehead atoms. The highest BCUT2D eigenvalue weighted by atomic mass is 16.6. The van der Waals surface area contributed by atoms with Crippen molar-refractivity contribution in [1.29, 1.82) is 0 Å². The van der Waals surface area contributed by atoms with Gasteiger partial charge >= 0.3 is 0 Å². The van der Waals surface area contributed by atoms with E-state index in [2.05, 4.69) is 0 Å². The molecule has 4 rings (SSSR count). The Balaban J connectivity index is 1.78. The van der Waals surface area contributed by atoms with Crippen molar-refractivity contribution in [2.24, 2.45) is 0 Å². The highest BCUT2D eigenvalue weighted by Gasteiger charge is 2.45. The van der Waals surface area contributed by atoms with Gasteiger partial charge in [0.15, 0.2) is 6.29 Å². The minimum atomic E-state index is -1.62. The van der Waals surface area contributed by atoms with Crippen LogP contribution in [0.3, 0.4) is 0 Å². The van der Waals surface area contributed by atoms with Gasteiger partial charge in [-0.05, 0) is 16.7 Å². The summed E-state index contributed by atoms with van der Waals surface area (Å²) in [5.41, 5.74) is 1.59. The minimum Gasteiger partial charge on any atom is -0.387 e. The molecule has 6 nitrogen and oxygen atoms in total. The fraction of sp³-hybridized carbons (Fsp3) is 0.280. The number of aliphatic hydroxyl groups is 4. The Kier molecular flexibility index (Phi) is 6.48. The predicted octanol–water partition coefficient (Wildman–Crippen LogP) is 1.79. The first-order chi connectivity index (χ1) is 15.0. The van der Waals surface area contributed by atoms with Gasteiger partial charge in [-0.3, -0.25) is 0 Å². The van der Waals surface area contributed by atoms with Crippen LogP contribution in [0.25, 0.3) is 0 Å².